The van der Waals surface area contributed by atoms with Gasteiger partial charge in [-0.3, -0.25) is 0 Å². The summed E-state index contributed by atoms with van der Waals surface area (Å²) < 4.78 is 15.6. The Balaban J connectivity index is 2.32. The van der Waals surface area contributed by atoms with Crippen LogP contribution in [0.4, 0.5) is 4.39 Å². The number of rotatable bonds is 2. The molecule has 2 aromatic heterocycles. The Bertz CT molecular complexity index is 733. The number of aromatic nitrogens is 3. The van der Waals surface area contributed by atoms with E-state index < -0.39 is 0 Å². The fourth-order valence-corrected chi connectivity index (χ4v) is 2.08. The van der Waals surface area contributed by atoms with Gasteiger partial charge in [-0.15, -0.1) is 0 Å². The molecule has 0 radical (unpaired) electrons. The summed E-state index contributed by atoms with van der Waals surface area (Å²) in [5, 5.41) is 4.42. The van der Waals surface area contributed by atoms with Gasteiger partial charge < -0.3 is 5.73 Å². The van der Waals surface area contributed by atoms with Gasteiger partial charge in [0.2, 0.25) is 0 Å². The minimum atomic E-state index is -0.309. The molecule has 1 atom stereocenters. The van der Waals surface area contributed by atoms with Crippen molar-refractivity contribution in [3.05, 3.63) is 54.1 Å². The highest BCUT2D eigenvalue weighted by molar-refractivity contribution is 5.66. The third-order valence-corrected chi connectivity index (χ3v) is 3.03. The second kappa shape index (κ2) is 4.44. The zero-order valence-corrected chi connectivity index (χ0v) is 10.4. The Morgan fingerprint density at radius 3 is 2.84 bits per heavy atom. The first-order valence-corrected chi connectivity index (χ1v) is 6.01. The molecule has 3 rings (SSSR count). The van der Waals surface area contributed by atoms with Crippen LogP contribution >= 0.6 is 0 Å². The van der Waals surface area contributed by atoms with Crippen LogP contribution < -0.4 is 5.73 Å². The van der Waals surface area contributed by atoms with E-state index in [1.807, 2.05) is 13.0 Å². The second-order valence-corrected chi connectivity index (χ2v) is 4.45. The predicted molar refractivity (Wildman–Crippen MR) is 71.0 cm³/mol. The average molecular weight is 256 g/mol. The summed E-state index contributed by atoms with van der Waals surface area (Å²) in [5.74, 6) is -0.309. The summed E-state index contributed by atoms with van der Waals surface area (Å²) >= 11 is 0. The summed E-state index contributed by atoms with van der Waals surface area (Å²) in [6.45, 7) is 1.85. The van der Waals surface area contributed by atoms with Crippen LogP contribution in [0.15, 0.2) is 42.7 Å². The molecule has 1 aromatic carbocycles. The third kappa shape index (κ3) is 1.98. The molecule has 3 aromatic rings. The first-order valence-electron chi connectivity index (χ1n) is 6.01. The average Bonchev–Trinajstić information content (AvgIpc) is 2.85. The Kier molecular flexibility index (Phi) is 2.76. The highest BCUT2D eigenvalue weighted by atomic mass is 19.1. The van der Waals surface area contributed by atoms with Crippen molar-refractivity contribution in [1.82, 2.24) is 14.6 Å². The van der Waals surface area contributed by atoms with Crippen LogP contribution in [0.2, 0.25) is 0 Å². The van der Waals surface area contributed by atoms with E-state index in [2.05, 4.69) is 10.1 Å². The van der Waals surface area contributed by atoms with Crippen LogP contribution in [-0.2, 0) is 0 Å². The molecule has 0 saturated carbocycles. The number of nitrogens with zero attached hydrogens (tertiary/aromatic N) is 3. The van der Waals surface area contributed by atoms with E-state index in [1.165, 1.54) is 6.07 Å². The Morgan fingerprint density at radius 1 is 1.32 bits per heavy atom. The first kappa shape index (κ1) is 11.8. The van der Waals surface area contributed by atoms with Gasteiger partial charge in [0.25, 0.3) is 0 Å². The molecule has 4 nitrogen and oxygen atoms in total. The predicted octanol–water partition coefficient (Wildman–Crippen LogP) is 2.56. The maximum atomic E-state index is 13.9. The van der Waals surface area contributed by atoms with Gasteiger partial charge in [0.15, 0.2) is 5.65 Å². The molecule has 96 valence electrons. The molecular formula is C14H13FN4. The lowest BCUT2D eigenvalue weighted by molar-refractivity contribution is 0.629. The van der Waals surface area contributed by atoms with Gasteiger partial charge in [0.05, 0.1) is 5.69 Å². The van der Waals surface area contributed by atoms with Gasteiger partial charge in [-0.05, 0) is 25.1 Å². The van der Waals surface area contributed by atoms with Crippen LogP contribution in [0.25, 0.3) is 16.9 Å². The highest BCUT2D eigenvalue weighted by Crippen LogP contribution is 2.27. The van der Waals surface area contributed by atoms with Crippen LogP contribution in [0.5, 0.6) is 0 Å². The number of imidazole rings is 1. The minimum Gasteiger partial charge on any atom is -0.324 e. The normalized spacial score (nSPS) is 12.8. The maximum absolute atomic E-state index is 13.9. The smallest absolute Gasteiger partial charge is 0.153 e. The molecule has 0 fully saturated rings. The molecule has 0 unspecified atom stereocenters. The minimum absolute atomic E-state index is 0.246. The molecule has 0 aliphatic carbocycles. The van der Waals surface area contributed by atoms with Crippen molar-refractivity contribution in [2.24, 2.45) is 5.73 Å². The van der Waals surface area contributed by atoms with Gasteiger partial charge in [0.1, 0.15) is 5.82 Å². The van der Waals surface area contributed by atoms with Crippen molar-refractivity contribution in [3.8, 4) is 11.3 Å². The fraction of sp³-hybridized carbons (Fsp3) is 0.143. The van der Waals surface area contributed by atoms with Crippen LogP contribution in [0.1, 0.15) is 18.5 Å². The zero-order valence-electron chi connectivity index (χ0n) is 10.4. The lowest BCUT2D eigenvalue weighted by Crippen LogP contribution is -2.10. The van der Waals surface area contributed by atoms with Crippen LogP contribution in [0, 0.1) is 5.82 Å². The standard InChI is InChI=1S/C14H13FN4/c1-9(16)11-8-13-17-6-7-19(13)18-14(11)10-4-2-3-5-12(10)15/h2-9H,16H2,1H3/t9-/m0/s1. The summed E-state index contributed by atoms with van der Waals surface area (Å²) in [5.41, 5.74) is 8.45. The summed E-state index contributed by atoms with van der Waals surface area (Å²) in [6, 6.07) is 8.15. The molecular weight excluding hydrogens is 243 g/mol. The number of hydrogen-bond donors (Lipinski definition) is 1. The maximum Gasteiger partial charge on any atom is 0.153 e. The number of nitrogens with two attached hydrogens (primary N) is 1. The van der Waals surface area contributed by atoms with E-state index in [-0.39, 0.29) is 11.9 Å². The van der Waals surface area contributed by atoms with Gasteiger partial charge >= 0.3 is 0 Å². The topological polar surface area (TPSA) is 56.2 Å². The van der Waals surface area contributed by atoms with Crippen molar-refractivity contribution in [3.63, 3.8) is 0 Å². The van der Waals surface area contributed by atoms with E-state index in [0.29, 0.717) is 16.9 Å². The third-order valence-electron chi connectivity index (χ3n) is 3.03. The number of benzene rings is 1. The molecule has 0 aliphatic heterocycles. The number of halogens is 1. The molecule has 19 heavy (non-hydrogen) atoms. The Labute approximate surface area is 109 Å². The van der Waals surface area contributed by atoms with Crippen molar-refractivity contribution in [2.45, 2.75) is 13.0 Å². The largest absolute Gasteiger partial charge is 0.324 e. The Hall–Kier alpha value is -2.27. The van der Waals surface area contributed by atoms with E-state index in [0.717, 1.165) is 5.56 Å². The van der Waals surface area contributed by atoms with Gasteiger partial charge in [-0.1, -0.05) is 12.1 Å². The molecule has 0 saturated heterocycles. The van der Waals surface area contributed by atoms with E-state index in [4.69, 9.17) is 5.73 Å². The lowest BCUT2D eigenvalue weighted by atomic mass is 10.0. The lowest BCUT2D eigenvalue weighted by Gasteiger charge is -2.13. The highest BCUT2D eigenvalue weighted by Gasteiger charge is 2.15. The molecule has 0 bridgehead atoms. The SMILES string of the molecule is C[C@H](N)c1cc2nccn2nc1-c1ccccc1F. The second-order valence-electron chi connectivity index (χ2n) is 4.45. The summed E-state index contributed by atoms with van der Waals surface area (Å²) in [7, 11) is 0. The van der Waals surface area contributed by atoms with Gasteiger partial charge in [-0.2, -0.15) is 5.10 Å². The number of hydrogen-bond acceptors (Lipinski definition) is 3. The fourth-order valence-electron chi connectivity index (χ4n) is 2.08. The van der Waals surface area contributed by atoms with Crippen molar-refractivity contribution in [2.75, 3.05) is 0 Å². The Morgan fingerprint density at radius 2 is 2.11 bits per heavy atom. The molecule has 0 aliphatic rings. The molecule has 0 amide bonds. The quantitative estimate of drug-likeness (QED) is 0.766. The first-order chi connectivity index (χ1) is 9.16. The zero-order chi connectivity index (χ0) is 13.4. The van der Waals surface area contributed by atoms with Crippen molar-refractivity contribution >= 4 is 5.65 Å². The number of fused-ring (bicyclic) bond motifs is 1. The molecule has 2 heterocycles. The summed E-state index contributed by atoms with van der Waals surface area (Å²) in [4.78, 5) is 4.17. The monoisotopic (exact) mass is 256 g/mol. The van der Waals surface area contributed by atoms with E-state index in [1.54, 1.807) is 35.1 Å². The van der Waals surface area contributed by atoms with Crippen molar-refractivity contribution < 1.29 is 4.39 Å². The van der Waals surface area contributed by atoms with Crippen LogP contribution in [0.3, 0.4) is 0 Å². The van der Waals surface area contributed by atoms with Crippen molar-refractivity contribution in [1.29, 1.82) is 0 Å². The molecule has 2 N–H and O–H groups in total. The van der Waals surface area contributed by atoms with E-state index >= 15 is 0 Å². The summed E-state index contributed by atoms with van der Waals surface area (Å²) in [6.07, 6.45) is 3.38. The van der Waals surface area contributed by atoms with Gasteiger partial charge in [0, 0.05) is 29.6 Å². The van der Waals surface area contributed by atoms with Gasteiger partial charge in [-0.25, -0.2) is 13.9 Å². The molecule has 5 heteroatoms. The molecule has 0 spiro atoms. The van der Waals surface area contributed by atoms with E-state index in [9.17, 15) is 4.39 Å². The van der Waals surface area contributed by atoms with Crippen LogP contribution in [-0.4, -0.2) is 14.6 Å².